The Labute approximate surface area is 125 Å². The number of amides is 1. The van der Waals surface area contributed by atoms with E-state index in [4.69, 9.17) is 5.73 Å². The number of hydrogen-bond donors (Lipinski definition) is 3. The van der Waals surface area contributed by atoms with Crippen LogP contribution in [-0.2, 0) is 0 Å². The van der Waals surface area contributed by atoms with E-state index in [0.29, 0.717) is 22.6 Å². The maximum Gasteiger partial charge on any atom is 0.248 e. The fourth-order valence-corrected chi connectivity index (χ4v) is 4.51. The van der Waals surface area contributed by atoms with Crippen molar-refractivity contribution in [3.63, 3.8) is 0 Å². The highest BCUT2D eigenvalue weighted by Gasteiger charge is 2.31. The summed E-state index contributed by atoms with van der Waals surface area (Å²) in [6.07, 6.45) is 0.676. The van der Waals surface area contributed by atoms with Gasteiger partial charge in [-0.3, -0.25) is 13.9 Å². The molecule has 1 amide bonds. The minimum absolute atomic E-state index is 0.114. The number of fused-ring (bicyclic) bond motifs is 1. The molecule has 0 aliphatic carbocycles. The predicted octanol–water partition coefficient (Wildman–Crippen LogP) is 3.43. The number of carbonyl (C=O) groups excluding carboxylic acids is 1. The molecule has 0 saturated heterocycles. The number of benzene rings is 2. The number of nitrogens with two attached hydrogens (primary N) is 1. The minimum atomic E-state index is -2.68. The predicted molar refractivity (Wildman–Crippen MR) is 83.8 cm³/mol. The monoisotopic (exact) mass is 303 g/mol. The molecule has 0 radical (unpaired) electrons. The van der Waals surface area contributed by atoms with Gasteiger partial charge in [-0.15, -0.1) is 0 Å². The summed E-state index contributed by atoms with van der Waals surface area (Å²) in [6, 6.07) is 14.7. The van der Waals surface area contributed by atoms with E-state index < -0.39 is 16.5 Å². The Kier molecular flexibility index (Phi) is 3.49. The third kappa shape index (κ3) is 2.55. The van der Waals surface area contributed by atoms with Gasteiger partial charge in [-0.2, -0.15) is 10.6 Å². The highest BCUT2D eigenvalue weighted by molar-refractivity contribution is 8.24. The standard InChI is InChI=1S/C16H17NO3S/c17-16(18)12-7-5-11(6-8-12)13-9-10-21(19,20)15-4-2-1-3-14(13)15/h1-8,13,19-20H,9-10H2,(H2,17,18). The van der Waals surface area contributed by atoms with E-state index in [1.165, 1.54) is 0 Å². The van der Waals surface area contributed by atoms with Crippen LogP contribution in [0.2, 0.25) is 0 Å². The summed E-state index contributed by atoms with van der Waals surface area (Å²) in [5.41, 5.74) is 7.74. The van der Waals surface area contributed by atoms with E-state index in [1.54, 1.807) is 18.2 Å². The van der Waals surface area contributed by atoms with Gasteiger partial charge in [-0.05, 0) is 35.7 Å². The maximum absolute atomic E-state index is 11.1. The molecule has 5 heteroatoms. The van der Waals surface area contributed by atoms with Crippen LogP contribution in [0.3, 0.4) is 0 Å². The molecule has 0 fully saturated rings. The van der Waals surface area contributed by atoms with Crippen LogP contribution in [-0.4, -0.2) is 20.8 Å². The molecule has 1 aliphatic rings. The van der Waals surface area contributed by atoms with Crippen LogP contribution in [0.25, 0.3) is 0 Å². The Morgan fingerprint density at radius 1 is 1.10 bits per heavy atom. The van der Waals surface area contributed by atoms with Crippen LogP contribution >= 0.6 is 10.6 Å². The second kappa shape index (κ2) is 5.18. The van der Waals surface area contributed by atoms with Gasteiger partial charge in [-0.25, -0.2) is 0 Å². The molecule has 21 heavy (non-hydrogen) atoms. The van der Waals surface area contributed by atoms with E-state index in [2.05, 4.69) is 0 Å². The lowest BCUT2D eigenvalue weighted by Crippen LogP contribution is -2.18. The second-order valence-corrected chi connectivity index (χ2v) is 7.42. The maximum atomic E-state index is 11.1. The van der Waals surface area contributed by atoms with Crippen molar-refractivity contribution in [3.8, 4) is 0 Å². The normalized spacial score (nSPS) is 21.3. The number of primary amides is 1. The molecule has 2 aromatic carbocycles. The summed E-state index contributed by atoms with van der Waals surface area (Å²) in [7, 11) is -2.68. The first-order valence-electron chi connectivity index (χ1n) is 6.74. The molecule has 4 N–H and O–H groups in total. The molecular formula is C16H17NO3S. The average Bonchev–Trinajstić information content (AvgIpc) is 2.48. The molecule has 0 saturated carbocycles. The van der Waals surface area contributed by atoms with Crippen LogP contribution in [0, 0.1) is 0 Å². The molecule has 2 aromatic rings. The summed E-state index contributed by atoms with van der Waals surface area (Å²) in [6.45, 7) is 0. The fourth-order valence-electron chi connectivity index (χ4n) is 2.84. The number of carbonyl (C=O) groups is 1. The van der Waals surface area contributed by atoms with Gasteiger partial charge in [0.15, 0.2) is 0 Å². The van der Waals surface area contributed by atoms with Crippen molar-refractivity contribution < 1.29 is 13.9 Å². The van der Waals surface area contributed by atoms with Crippen molar-refractivity contribution in [1.29, 1.82) is 0 Å². The second-order valence-electron chi connectivity index (χ2n) is 5.24. The van der Waals surface area contributed by atoms with Gasteiger partial charge in [-0.1, -0.05) is 30.3 Å². The zero-order valence-corrected chi connectivity index (χ0v) is 12.2. The molecule has 1 heterocycles. The lowest BCUT2D eigenvalue weighted by atomic mass is 9.88. The van der Waals surface area contributed by atoms with Crippen molar-refractivity contribution in [1.82, 2.24) is 0 Å². The summed E-state index contributed by atoms with van der Waals surface area (Å²) in [5, 5.41) is 0. The van der Waals surface area contributed by atoms with Crippen molar-refractivity contribution in [3.05, 3.63) is 65.2 Å². The van der Waals surface area contributed by atoms with E-state index >= 15 is 0 Å². The first-order valence-corrected chi connectivity index (χ1v) is 8.45. The molecule has 1 unspecified atom stereocenters. The third-order valence-electron chi connectivity index (χ3n) is 3.94. The first kappa shape index (κ1) is 14.1. The molecular weight excluding hydrogens is 286 g/mol. The zero-order valence-electron chi connectivity index (χ0n) is 11.4. The van der Waals surface area contributed by atoms with Gasteiger partial charge in [0.25, 0.3) is 0 Å². The van der Waals surface area contributed by atoms with Gasteiger partial charge < -0.3 is 5.73 Å². The summed E-state index contributed by atoms with van der Waals surface area (Å²) >= 11 is 0. The fraction of sp³-hybridized carbons (Fsp3) is 0.188. The highest BCUT2D eigenvalue weighted by atomic mass is 32.3. The van der Waals surface area contributed by atoms with Crippen LogP contribution < -0.4 is 5.73 Å². The van der Waals surface area contributed by atoms with Gasteiger partial charge in [0.2, 0.25) is 5.91 Å². The lowest BCUT2D eigenvalue weighted by molar-refractivity contribution is 0.100. The molecule has 1 aliphatic heterocycles. The molecule has 0 bridgehead atoms. The molecule has 4 nitrogen and oxygen atoms in total. The summed E-state index contributed by atoms with van der Waals surface area (Å²) < 4.78 is 20.4. The van der Waals surface area contributed by atoms with Crippen LogP contribution in [0.15, 0.2) is 53.4 Å². The Balaban J connectivity index is 2.02. The lowest BCUT2D eigenvalue weighted by Gasteiger charge is -2.41. The molecule has 3 rings (SSSR count). The zero-order chi connectivity index (χ0) is 15.0. The van der Waals surface area contributed by atoms with Crippen LogP contribution in [0.4, 0.5) is 0 Å². The average molecular weight is 303 g/mol. The first-order chi connectivity index (χ1) is 9.99. The molecule has 1 atom stereocenters. The third-order valence-corrected chi connectivity index (χ3v) is 5.82. The Hall–Kier alpha value is -1.82. The topological polar surface area (TPSA) is 83.6 Å². The largest absolute Gasteiger partial charge is 0.366 e. The Morgan fingerprint density at radius 3 is 2.43 bits per heavy atom. The van der Waals surface area contributed by atoms with Gasteiger partial charge in [0.05, 0.1) is 4.90 Å². The Morgan fingerprint density at radius 2 is 1.76 bits per heavy atom. The minimum Gasteiger partial charge on any atom is -0.366 e. The number of hydrogen-bond acceptors (Lipinski definition) is 3. The van der Waals surface area contributed by atoms with Crippen LogP contribution in [0.5, 0.6) is 0 Å². The van der Waals surface area contributed by atoms with Crippen molar-refractivity contribution in [2.75, 3.05) is 5.75 Å². The quantitative estimate of drug-likeness (QED) is 0.794. The van der Waals surface area contributed by atoms with Gasteiger partial charge in [0.1, 0.15) is 0 Å². The SMILES string of the molecule is NC(=O)c1ccc(C2CCS(O)(O)c3ccccc32)cc1. The van der Waals surface area contributed by atoms with E-state index in [0.717, 1.165) is 11.1 Å². The number of rotatable bonds is 2. The molecule has 0 aromatic heterocycles. The molecule has 0 spiro atoms. The van der Waals surface area contributed by atoms with Gasteiger partial charge >= 0.3 is 0 Å². The molecule has 110 valence electrons. The highest BCUT2D eigenvalue weighted by Crippen LogP contribution is 2.57. The van der Waals surface area contributed by atoms with E-state index in [9.17, 15) is 13.9 Å². The van der Waals surface area contributed by atoms with Crippen molar-refractivity contribution >= 4 is 16.5 Å². The summed E-state index contributed by atoms with van der Waals surface area (Å²) in [5.74, 6) is 0.0366. The summed E-state index contributed by atoms with van der Waals surface area (Å²) in [4.78, 5) is 11.8. The van der Waals surface area contributed by atoms with Crippen molar-refractivity contribution in [2.45, 2.75) is 17.2 Å². The van der Waals surface area contributed by atoms with E-state index in [1.807, 2.05) is 30.3 Å². The van der Waals surface area contributed by atoms with Gasteiger partial charge in [0, 0.05) is 17.2 Å². The van der Waals surface area contributed by atoms with E-state index in [-0.39, 0.29) is 5.92 Å². The van der Waals surface area contributed by atoms with Crippen LogP contribution in [0.1, 0.15) is 33.8 Å². The smallest absolute Gasteiger partial charge is 0.248 e. The van der Waals surface area contributed by atoms with Crippen molar-refractivity contribution in [2.24, 2.45) is 5.73 Å². The Bertz CT molecular complexity index is 682.